The van der Waals surface area contributed by atoms with E-state index in [2.05, 4.69) is 26.6 Å². The van der Waals surface area contributed by atoms with Crippen LogP contribution in [0.5, 0.6) is 5.75 Å². The van der Waals surface area contributed by atoms with E-state index in [1.165, 1.54) is 0 Å². The van der Waals surface area contributed by atoms with Crippen LogP contribution in [0, 0.1) is 0 Å². The normalized spacial score (nSPS) is 13.2. The first-order valence-corrected chi connectivity index (χ1v) is 7.72. The third-order valence-electron chi connectivity index (χ3n) is 2.67. The van der Waals surface area contributed by atoms with Crippen LogP contribution in [-0.2, 0) is 9.59 Å². The van der Waals surface area contributed by atoms with Gasteiger partial charge in [0.15, 0.2) is 6.10 Å². The van der Waals surface area contributed by atoms with Gasteiger partial charge in [0.2, 0.25) is 5.91 Å². The maximum Gasteiger partial charge on any atom is 0.261 e. The summed E-state index contributed by atoms with van der Waals surface area (Å²) in [6.45, 7) is 5.56. The number of likely N-dealkylation sites (N-methyl/N-ethyl adjacent to an activating group) is 1. The van der Waals surface area contributed by atoms with Gasteiger partial charge in [0.1, 0.15) is 11.8 Å². The highest BCUT2D eigenvalue weighted by atomic mass is 79.9. The molecule has 116 valence electrons. The van der Waals surface area contributed by atoms with E-state index >= 15 is 0 Å². The van der Waals surface area contributed by atoms with Crippen LogP contribution in [0.1, 0.15) is 20.8 Å². The molecule has 2 atom stereocenters. The predicted octanol–water partition coefficient (Wildman–Crippen LogP) is 2.51. The monoisotopic (exact) mass is 376 g/mol. The maximum atomic E-state index is 12.0. The summed E-state index contributed by atoms with van der Waals surface area (Å²) in [5, 5.41) is 5.80. The van der Waals surface area contributed by atoms with E-state index in [1.54, 1.807) is 32.0 Å². The lowest BCUT2D eigenvalue weighted by Gasteiger charge is -2.18. The Morgan fingerprint density at radius 2 is 2.00 bits per heavy atom. The van der Waals surface area contributed by atoms with Gasteiger partial charge in [0.25, 0.3) is 5.91 Å². The van der Waals surface area contributed by atoms with Crippen molar-refractivity contribution in [3.8, 4) is 5.75 Å². The van der Waals surface area contributed by atoms with E-state index in [0.29, 0.717) is 21.8 Å². The van der Waals surface area contributed by atoms with Crippen LogP contribution in [0.3, 0.4) is 0 Å². The number of carbonyl (C=O) groups is 2. The van der Waals surface area contributed by atoms with Crippen molar-refractivity contribution in [2.75, 3.05) is 6.54 Å². The summed E-state index contributed by atoms with van der Waals surface area (Å²) >= 11 is 9.15. The molecule has 1 aromatic carbocycles. The van der Waals surface area contributed by atoms with Gasteiger partial charge in [-0.1, -0.05) is 11.6 Å². The van der Waals surface area contributed by atoms with E-state index in [9.17, 15) is 9.59 Å². The molecule has 2 amide bonds. The van der Waals surface area contributed by atoms with Gasteiger partial charge in [0.05, 0.1) is 4.47 Å². The minimum Gasteiger partial charge on any atom is -0.480 e. The minimum atomic E-state index is -0.737. The van der Waals surface area contributed by atoms with Crippen molar-refractivity contribution in [2.45, 2.75) is 32.9 Å². The molecular formula is C14H18BrClN2O3. The molecule has 0 heterocycles. The molecular weight excluding hydrogens is 360 g/mol. The zero-order chi connectivity index (χ0) is 16.0. The molecule has 0 saturated heterocycles. The Kier molecular flexibility index (Phi) is 6.98. The molecule has 0 aliphatic rings. The van der Waals surface area contributed by atoms with E-state index in [1.807, 2.05) is 6.92 Å². The first-order valence-electron chi connectivity index (χ1n) is 6.55. The van der Waals surface area contributed by atoms with Gasteiger partial charge in [-0.3, -0.25) is 9.59 Å². The highest BCUT2D eigenvalue weighted by molar-refractivity contribution is 9.10. The molecule has 0 unspecified atom stereocenters. The Balaban J connectivity index is 2.60. The second-order valence-electron chi connectivity index (χ2n) is 4.46. The second kappa shape index (κ2) is 8.24. The lowest BCUT2D eigenvalue weighted by Crippen LogP contribution is -2.48. The van der Waals surface area contributed by atoms with Crippen molar-refractivity contribution in [3.63, 3.8) is 0 Å². The average molecular weight is 378 g/mol. The standard InChI is InChI=1S/C14H18BrClN2O3/c1-4-17-13(19)8(2)18-14(20)9(3)21-12-6-5-10(16)7-11(12)15/h5-9H,4H2,1-3H3,(H,17,19)(H,18,20)/t8-,9-/m1/s1. The summed E-state index contributed by atoms with van der Waals surface area (Å²) in [6, 6.07) is 4.41. The topological polar surface area (TPSA) is 67.4 Å². The van der Waals surface area contributed by atoms with Crippen molar-refractivity contribution < 1.29 is 14.3 Å². The molecule has 0 aliphatic carbocycles. The number of ether oxygens (including phenoxy) is 1. The zero-order valence-electron chi connectivity index (χ0n) is 12.1. The van der Waals surface area contributed by atoms with Crippen molar-refractivity contribution in [2.24, 2.45) is 0 Å². The summed E-state index contributed by atoms with van der Waals surface area (Å²) in [4.78, 5) is 23.5. The molecule has 21 heavy (non-hydrogen) atoms. The minimum absolute atomic E-state index is 0.231. The van der Waals surface area contributed by atoms with E-state index in [4.69, 9.17) is 16.3 Å². The van der Waals surface area contributed by atoms with E-state index in [0.717, 1.165) is 0 Å². The fraction of sp³-hybridized carbons (Fsp3) is 0.429. The average Bonchev–Trinajstić information content (AvgIpc) is 2.41. The van der Waals surface area contributed by atoms with Gasteiger partial charge in [-0.25, -0.2) is 0 Å². The molecule has 0 fully saturated rings. The van der Waals surface area contributed by atoms with Gasteiger partial charge >= 0.3 is 0 Å². The Morgan fingerprint density at radius 3 is 2.57 bits per heavy atom. The number of halogens is 2. The van der Waals surface area contributed by atoms with Gasteiger partial charge in [-0.05, 0) is 54.9 Å². The molecule has 2 N–H and O–H groups in total. The van der Waals surface area contributed by atoms with E-state index < -0.39 is 12.1 Å². The summed E-state index contributed by atoms with van der Waals surface area (Å²) in [6.07, 6.45) is -0.737. The number of amides is 2. The number of hydrogen-bond acceptors (Lipinski definition) is 3. The molecule has 5 nitrogen and oxygen atoms in total. The molecule has 1 rings (SSSR count). The van der Waals surface area contributed by atoms with Crippen LogP contribution in [0.4, 0.5) is 0 Å². The molecule has 1 aromatic rings. The maximum absolute atomic E-state index is 12.0. The molecule has 0 saturated carbocycles. The molecule has 0 bridgehead atoms. The molecule has 0 aromatic heterocycles. The van der Waals surface area contributed by atoms with Crippen LogP contribution < -0.4 is 15.4 Å². The number of hydrogen-bond donors (Lipinski definition) is 2. The lowest BCUT2D eigenvalue weighted by atomic mass is 10.2. The van der Waals surface area contributed by atoms with Gasteiger partial charge in [-0.2, -0.15) is 0 Å². The first-order chi connectivity index (χ1) is 9.85. The Morgan fingerprint density at radius 1 is 1.33 bits per heavy atom. The quantitative estimate of drug-likeness (QED) is 0.800. The van der Waals surface area contributed by atoms with Crippen LogP contribution in [-0.4, -0.2) is 30.5 Å². The Labute approximate surface area is 137 Å². The summed E-state index contributed by atoms with van der Waals surface area (Å²) in [7, 11) is 0. The Bertz CT molecular complexity index is 525. The first kappa shape index (κ1) is 17.8. The second-order valence-corrected chi connectivity index (χ2v) is 5.75. The molecule has 7 heteroatoms. The SMILES string of the molecule is CCNC(=O)[C@@H](C)NC(=O)[C@@H](C)Oc1ccc(Cl)cc1Br. The van der Waals surface area contributed by atoms with Crippen LogP contribution >= 0.6 is 27.5 Å². The highest BCUT2D eigenvalue weighted by Crippen LogP contribution is 2.28. The largest absolute Gasteiger partial charge is 0.480 e. The van der Waals surface area contributed by atoms with Crippen molar-refractivity contribution in [1.29, 1.82) is 0 Å². The number of carbonyl (C=O) groups excluding carboxylic acids is 2. The summed E-state index contributed by atoms with van der Waals surface area (Å²) < 4.78 is 6.21. The van der Waals surface area contributed by atoms with Crippen LogP contribution in [0.2, 0.25) is 5.02 Å². The fourth-order valence-electron chi connectivity index (χ4n) is 1.54. The lowest BCUT2D eigenvalue weighted by molar-refractivity contribution is -0.132. The highest BCUT2D eigenvalue weighted by Gasteiger charge is 2.21. The summed E-state index contributed by atoms with van der Waals surface area (Å²) in [5.74, 6) is -0.0889. The van der Waals surface area contributed by atoms with Crippen LogP contribution in [0.15, 0.2) is 22.7 Å². The van der Waals surface area contributed by atoms with Gasteiger partial charge in [-0.15, -0.1) is 0 Å². The molecule has 0 aliphatic heterocycles. The van der Waals surface area contributed by atoms with Crippen molar-refractivity contribution in [3.05, 3.63) is 27.7 Å². The molecule has 0 spiro atoms. The fourth-order valence-corrected chi connectivity index (χ4v) is 2.31. The van der Waals surface area contributed by atoms with E-state index in [-0.39, 0.29) is 11.8 Å². The number of benzene rings is 1. The molecule has 0 radical (unpaired) electrons. The Hall–Kier alpha value is -1.27. The van der Waals surface area contributed by atoms with Gasteiger partial charge < -0.3 is 15.4 Å². The van der Waals surface area contributed by atoms with Gasteiger partial charge in [0, 0.05) is 11.6 Å². The predicted molar refractivity (Wildman–Crippen MR) is 85.5 cm³/mol. The third kappa shape index (κ3) is 5.55. The number of nitrogens with one attached hydrogen (secondary N) is 2. The van der Waals surface area contributed by atoms with Crippen LogP contribution in [0.25, 0.3) is 0 Å². The van der Waals surface area contributed by atoms with Crippen molar-refractivity contribution in [1.82, 2.24) is 10.6 Å². The summed E-state index contributed by atoms with van der Waals surface area (Å²) in [5.41, 5.74) is 0. The number of rotatable bonds is 6. The smallest absolute Gasteiger partial charge is 0.261 e. The van der Waals surface area contributed by atoms with Crippen molar-refractivity contribution >= 4 is 39.3 Å². The zero-order valence-corrected chi connectivity index (χ0v) is 14.4. The third-order valence-corrected chi connectivity index (χ3v) is 3.52.